The number of hydrogen-bond acceptors (Lipinski definition) is 4. The van der Waals surface area contributed by atoms with Crippen molar-refractivity contribution in [1.82, 2.24) is 5.43 Å². The number of methoxy groups -OCH3 is 1. The third-order valence-corrected chi connectivity index (χ3v) is 3.20. The molecular weight excluding hydrogens is 196 g/mol. The molecule has 0 aromatic heterocycles. The highest BCUT2D eigenvalue weighted by molar-refractivity contribution is 7.98. The van der Waals surface area contributed by atoms with Gasteiger partial charge in [0.15, 0.2) is 0 Å². The van der Waals surface area contributed by atoms with E-state index in [9.17, 15) is 0 Å². The maximum absolute atomic E-state index is 5.48. The van der Waals surface area contributed by atoms with Crippen LogP contribution in [0.5, 0.6) is 0 Å². The van der Waals surface area contributed by atoms with Crippen LogP contribution in [0.25, 0.3) is 0 Å². The van der Waals surface area contributed by atoms with Crippen molar-refractivity contribution in [2.24, 2.45) is 5.84 Å². The summed E-state index contributed by atoms with van der Waals surface area (Å²) in [6.45, 7) is 4.21. The van der Waals surface area contributed by atoms with E-state index in [4.69, 9.17) is 10.6 Å². The zero-order chi connectivity index (χ0) is 11.0. The SMILES string of the molecule is COC(C)(C)CCC(CCSC)NN. The van der Waals surface area contributed by atoms with E-state index in [0.717, 1.165) is 25.0 Å². The Balaban J connectivity index is 3.71. The van der Waals surface area contributed by atoms with Crippen molar-refractivity contribution in [3.63, 3.8) is 0 Å². The number of hydrogen-bond donors (Lipinski definition) is 2. The van der Waals surface area contributed by atoms with Gasteiger partial charge in [-0.2, -0.15) is 11.8 Å². The first-order valence-electron chi connectivity index (χ1n) is 5.06. The molecule has 0 aliphatic carbocycles. The van der Waals surface area contributed by atoms with Gasteiger partial charge in [-0.3, -0.25) is 11.3 Å². The molecule has 4 heteroatoms. The average Bonchev–Trinajstić information content (AvgIpc) is 2.18. The molecule has 0 aromatic rings. The van der Waals surface area contributed by atoms with Gasteiger partial charge in [0.05, 0.1) is 5.60 Å². The largest absolute Gasteiger partial charge is 0.379 e. The zero-order valence-electron chi connectivity index (χ0n) is 9.80. The van der Waals surface area contributed by atoms with E-state index in [1.165, 1.54) is 0 Å². The van der Waals surface area contributed by atoms with Gasteiger partial charge in [0.2, 0.25) is 0 Å². The Labute approximate surface area is 92.1 Å². The van der Waals surface area contributed by atoms with Crippen LogP contribution in [-0.2, 0) is 4.74 Å². The van der Waals surface area contributed by atoms with Crippen molar-refractivity contribution in [2.75, 3.05) is 19.1 Å². The van der Waals surface area contributed by atoms with E-state index in [-0.39, 0.29) is 5.60 Å². The lowest BCUT2D eigenvalue weighted by molar-refractivity contribution is 0.0117. The molecule has 0 aromatic carbocycles. The van der Waals surface area contributed by atoms with E-state index in [1.54, 1.807) is 7.11 Å². The van der Waals surface area contributed by atoms with Crippen molar-refractivity contribution in [2.45, 2.75) is 44.8 Å². The molecule has 0 heterocycles. The van der Waals surface area contributed by atoms with Crippen LogP contribution in [-0.4, -0.2) is 30.8 Å². The lowest BCUT2D eigenvalue weighted by Crippen LogP contribution is -2.37. The van der Waals surface area contributed by atoms with E-state index >= 15 is 0 Å². The number of hydrazine groups is 1. The summed E-state index contributed by atoms with van der Waals surface area (Å²) < 4.78 is 5.36. The number of nitrogens with two attached hydrogens (primary N) is 1. The lowest BCUT2D eigenvalue weighted by atomic mass is 9.98. The standard InChI is InChI=1S/C10H24N2OS/c1-10(2,13-3)7-5-9(12-11)6-8-14-4/h9,12H,5-8,11H2,1-4H3. The Bertz CT molecular complexity index is 142. The second-order valence-corrected chi connectivity index (χ2v) is 5.13. The van der Waals surface area contributed by atoms with E-state index in [1.807, 2.05) is 11.8 Å². The molecule has 3 nitrogen and oxygen atoms in total. The summed E-state index contributed by atoms with van der Waals surface area (Å²) >= 11 is 1.86. The maximum Gasteiger partial charge on any atom is 0.0623 e. The molecule has 14 heavy (non-hydrogen) atoms. The van der Waals surface area contributed by atoms with Crippen LogP contribution in [0.1, 0.15) is 33.1 Å². The summed E-state index contributed by atoms with van der Waals surface area (Å²) in [5.74, 6) is 6.64. The molecule has 0 fully saturated rings. The highest BCUT2D eigenvalue weighted by Crippen LogP contribution is 2.17. The fourth-order valence-electron chi connectivity index (χ4n) is 1.20. The van der Waals surface area contributed by atoms with E-state index < -0.39 is 0 Å². The predicted molar refractivity (Wildman–Crippen MR) is 64.4 cm³/mol. The highest BCUT2D eigenvalue weighted by Gasteiger charge is 2.18. The van der Waals surface area contributed by atoms with Gasteiger partial charge in [-0.25, -0.2) is 0 Å². The number of rotatable bonds is 8. The second-order valence-electron chi connectivity index (χ2n) is 4.15. The molecule has 0 spiro atoms. The first kappa shape index (κ1) is 14.2. The van der Waals surface area contributed by atoms with Gasteiger partial charge in [-0.05, 0) is 45.1 Å². The van der Waals surface area contributed by atoms with Gasteiger partial charge in [0.1, 0.15) is 0 Å². The monoisotopic (exact) mass is 220 g/mol. The van der Waals surface area contributed by atoms with Gasteiger partial charge in [-0.1, -0.05) is 0 Å². The number of nitrogens with one attached hydrogen (secondary N) is 1. The third-order valence-electron chi connectivity index (χ3n) is 2.55. The van der Waals surface area contributed by atoms with Crippen LogP contribution < -0.4 is 11.3 Å². The Morgan fingerprint density at radius 3 is 2.50 bits per heavy atom. The summed E-state index contributed by atoms with van der Waals surface area (Å²) in [5.41, 5.74) is 2.83. The molecule has 1 unspecified atom stereocenters. The average molecular weight is 220 g/mol. The molecule has 0 saturated carbocycles. The fraction of sp³-hybridized carbons (Fsp3) is 1.00. The lowest BCUT2D eigenvalue weighted by Gasteiger charge is -2.25. The Morgan fingerprint density at radius 1 is 1.43 bits per heavy atom. The molecule has 0 radical (unpaired) electrons. The maximum atomic E-state index is 5.48. The zero-order valence-corrected chi connectivity index (χ0v) is 10.6. The van der Waals surface area contributed by atoms with Crippen LogP contribution in [0, 0.1) is 0 Å². The van der Waals surface area contributed by atoms with Crippen molar-refractivity contribution >= 4 is 11.8 Å². The highest BCUT2D eigenvalue weighted by atomic mass is 32.2. The van der Waals surface area contributed by atoms with Gasteiger partial charge in [-0.15, -0.1) is 0 Å². The molecule has 3 N–H and O–H groups in total. The summed E-state index contributed by atoms with van der Waals surface area (Å²) in [4.78, 5) is 0. The summed E-state index contributed by atoms with van der Waals surface area (Å²) in [7, 11) is 1.76. The predicted octanol–water partition coefficient (Wildman–Crippen LogP) is 1.78. The normalized spacial score (nSPS) is 14.4. The first-order valence-corrected chi connectivity index (χ1v) is 6.45. The molecule has 0 bridgehead atoms. The fourth-order valence-corrected chi connectivity index (χ4v) is 1.72. The molecular formula is C10H24N2OS. The third kappa shape index (κ3) is 6.65. The minimum absolute atomic E-state index is 0.0333. The van der Waals surface area contributed by atoms with Crippen LogP contribution >= 0.6 is 11.8 Å². The second kappa shape index (κ2) is 7.51. The Hall–Kier alpha value is 0.230. The van der Waals surface area contributed by atoms with Crippen molar-refractivity contribution < 1.29 is 4.74 Å². The number of ether oxygens (including phenoxy) is 1. The smallest absolute Gasteiger partial charge is 0.0623 e. The minimum atomic E-state index is -0.0333. The molecule has 0 saturated heterocycles. The Kier molecular flexibility index (Phi) is 7.64. The van der Waals surface area contributed by atoms with Gasteiger partial charge < -0.3 is 4.74 Å². The van der Waals surface area contributed by atoms with Gasteiger partial charge in [0, 0.05) is 13.2 Å². The molecule has 1 atom stereocenters. The van der Waals surface area contributed by atoms with Crippen LogP contribution in [0.3, 0.4) is 0 Å². The molecule has 0 amide bonds. The van der Waals surface area contributed by atoms with Crippen LogP contribution in [0.15, 0.2) is 0 Å². The summed E-state index contributed by atoms with van der Waals surface area (Å²) in [5, 5.41) is 0. The van der Waals surface area contributed by atoms with Gasteiger partial charge in [0.25, 0.3) is 0 Å². The number of thioether (sulfide) groups is 1. The van der Waals surface area contributed by atoms with Gasteiger partial charge >= 0.3 is 0 Å². The first-order chi connectivity index (χ1) is 6.55. The van der Waals surface area contributed by atoms with Crippen molar-refractivity contribution in [1.29, 1.82) is 0 Å². The topological polar surface area (TPSA) is 47.3 Å². The molecule has 86 valence electrons. The van der Waals surface area contributed by atoms with Crippen LogP contribution in [0.2, 0.25) is 0 Å². The molecule has 0 rings (SSSR count). The minimum Gasteiger partial charge on any atom is -0.379 e. The van der Waals surface area contributed by atoms with Crippen molar-refractivity contribution in [3.05, 3.63) is 0 Å². The van der Waals surface area contributed by atoms with Crippen molar-refractivity contribution in [3.8, 4) is 0 Å². The quantitative estimate of drug-likeness (QED) is 0.483. The molecule has 0 aliphatic heterocycles. The van der Waals surface area contributed by atoms with Crippen LogP contribution in [0.4, 0.5) is 0 Å². The molecule has 0 aliphatic rings. The summed E-state index contributed by atoms with van der Waals surface area (Å²) in [6, 6.07) is 0.414. The van der Waals surface area contributed by atoms with E-state index in [2.05, 4.69) is 25.5 Å². The summed E-state index contributed by atoms with van der Waals surface area (Å²) in [6.07, 6.45) is 5.34. The van der Waals surface area contributed by atoms with E-state index in [0.29, 0.717) is 6.04 Å². The Morgan fingerprint density at radius 2 is 2.07 bits per heavy atom.